The van der Waals surface area contributed by atoms with Crippen LogP contribution in [-0.2, 0) is 6.42 Å². The Kier molecular flexibility index (Phi) is 4.67. The second kappa shape index (κ2) is 7.76. The number of nitrogens with one attached hydrogen (secondary N) is 1. The van der Waals surface area contributed by atoms with Gasteiger partial charge in [0.05, 0.1) is 17.4 Å². The fourth-order valence-corrected chi connectivity index (χ4v) is 3.98. The molecule has 2 nitrogen and oxygen atoms in total. The van der Waals surface area contributed by atoms with Gasteiger partial charge < -0.3 is 5.32 Å². The van der Waals surface area contributed by atoms with Crippen molar-refractivity contribution in [2.24, 2.45) is 4.99 Å². The Hall–Kier alpha value is -3.65. The molecule has 2 heteroatoms. The number of anilines is 1. The van der Waals surface area contributed by atoms with Crippen molar-refractivity contribution in [3.8, 4) is 0 Å². The molecule has 1 aliphatic rings. The molecule has 0 amide bonds. The van der Waals surface area contributed by atoms with Crippen LogP contribution in [0.2, 0.25) is 0 Å². The SMILES string of the molecule is c1ccc(N=C(c2ccccc2)c2cccc3c2NC(c2ccccc2)C3)cc1. The van der Waals surface area contributed by atoms with Gasteiger partial charge in [0, 0.05) is 16.8 Å². The predicted octanol–water partition coefficient (Wildman–Crippen LogP) is 6.57. The molecule has 1 heterocycles. The summed E-state index contributed by atoms with van der Waals surface area (Å²) in [5.41, 5.74) is 8.07. The summed E-state index contributed by atoms with van der Waals surface area (Å²) in [4.78, 5) is 5.05. The molecular formula is C27H22N2. The predicted molar refractivity (Wildman–Crippen MR) is 121 cm³/mol. The van der Waals surface area contributed by atoms with Gasteiger partial charge in [0.25, 0.3) is 0 Å². The lowest BCUT2D eigenvalue weighted by molar-refractivity contribution is 0.824. The molecule has 4 aromatic carbocycles. The third kappa shape index (κ3) is 3.57. The molecule has 0 aromatic heterocycles. The number of hydrogen-bond donors (Lipinski definition) is 1. The molecular weight excluding hydrogens is 352 g/mol. The topological polar surface area (TPSA) is 24.4 Å². The highest BCUT2D eigenvalue weighted by atomic mass is 15.0. The summed E-state index contributed by atoms with van der Waals surface area (Å²) >= 11 is 0. The van der Waals surface area contributed by atoms with Gasteiger partial charge in [0.2, 0.25) is 0 Å². The fraction of sp³-hybridized carbons (Fsp3) is 0.0741. The molecule has 0 bridgehead atoms. The first-order chi connectivity index (χ1) is 14.4. The summed E-state index contributed by atoms with van der Waals surface area (Å²) in [6.45, 7) is 0. The highest BCUT2D eigenvalue weighted by Crippen LogP contribution is 2.38. The summed E-state index contributed by atoms with van der Waals surface area (Å²) in [7, 11) is 0. The normalized spacial score (nSPS) is 15.6. The molecule has 1 unspecified atom stereocenters. The standard InChI is InChI=1S/C27H22N2/c1-4-11-20(12-5-1)25-19-22-15-10-18-24(27(22)29-25)26(21-13-6-2-7-14-21)28-23-16-8-3-9-17-23/h1-18,25,29H,19H2. The van der Waals surface area contributed by atoms with Gasteiger partial charge in [-0.2, -0.15) is 0 Å². The first kappa shape index (κ1) is 17.4. The minimum absolute atomic E-state index is 0.293. The average molecular weight is 374 g/mol. The van der Waals surface area contributed by atoms with E-state index in [1.807, 2.05) is 36.4 Å². The van der Waals surface area contributed by atoms with Crippen molar-refractivity contribution < 1.29 is 0 Å². The lowest BCUT2D eigenvalue weighted by Gasteiger charge is -2.15. The number of fused-ring (bicyclic) bond motifs is 1. The molecule has 4 aromatic rings. The maximum atomic E-state index is 5.05. The molecule has 1 aliphatic heterocycles. The van der Waals surface area contributed by atoms with Gasteiger partial charge in [0.15, 0.2) is 0 Å². The lowest BCUT2D eigenvalue weighted by atomic mass is 9.97. The van der Waals surface area contributed by atoms with Gasteiger partial charge in [-0.05, 0) is 29.7 Å². The number of hydrogen-bond acceptors (Lipinski definition) is 2. The summed E-state index contributed by atoms with van der Waals surface area (Å²) in [5.74, 6) is 0. The highest BCUT2D eigenvalue weighted by Gasteiger charge is 2.25. The molecule has 0 radical (unpaired) electrons. The van der Waals surface area contributed by atoms with E-state index in [0.717, 1.165) is 28.9 Å². The molecule has 5 rings (SSSR count). The van der Waals surface area contributed by atoms with Crippen molar-refractivity contribution in [3.05, 3.63) is 131 Å². The van der Waals surface area contributed by atoms with Crippen LogP contribution in [-0.4, -0.2) is 5.71 Å². The molecule has 0 fully saturated rings. The second-order valence-electron chi connectivity index (χ2n) is 7.31. The molecule has 0 spiro atoms. The minimum Gasteiger partial charge on any atom is -0.377 e. The zero-order valence-corrected chi connectivity index (χ0v) is 16.1. The van der Waals surface area contributed by atoms with Gasteiger partial charge in [-0.15, -0.1) is 0 Å². The molecule has 1 atom stereocenters. The van der Waals surface area contributed by atoms with Crippen LogP contribution in [0.1, 0.15) is 28.3 Å². The maximum Gasteiger partial charge on any atom is 0.0802 e. The van der Waals surface area contributed by atoms with Gasteiger partial charge in [-0.25, -0.2) is 4.99 Å². The van der Waals surface area contributed by atoms with E-state index in [-0.39, 0.29) is 0 Å². The Morgan fingerprint density at radius 2 is 1.34 bits per heavy atom. The van der Waals surface area contributed by atoms with Crippen molar-refractivity contribution in [1.82, 2.24) is 0 Å². The lowest BCUT2D eigenvalue weighted by Crippen LogP contribution is -2.09. The van der Waals surface area contributed by atoms with Crippen LogP contribution in [0.4, 0.5) is 11.4 Å². The molecule has 0 saturated heterocycles. The number of aliphatic imine (C=N–C) groups is 1. The zero-order chi connectivity index (χ0) is 19.5. The Morgan fingerprint density at radius 3 is 2.07 bits per heavy atom. The second-order valence-corrected chi connectivity index (χ2v) is 7.31. The fourth-order valence-electron chi connectivity index (χ4n) is 3.98. The van der Waals surface area contributed by atoms with Crippen LogP contribution in [0.5, 0.6) is 0 Å². The van der Waals surface area contributed by atoms with Crippen molar-refractivity contribution in [3.63, 3.8) is 0 Å². The summed E-state index contributed by atoms with van der Waals surface area (Å²) < 4.78 is 0. The largest absolute Gasteiger partial charge is 0.377 e. The van der Waals surface area contributed by atoms with E-state index in [1.165, 1.54) is 16.8 Å². The summed E-state index contributed by atoms with van der Waals surface area (Å²) in [6.07, 6.45) is 0.987. The van der Waals surface area contributed by atoms with Gasteiger partial charge in [-0.1, -0.05) is 97.1 Å². The summed E-state index contributed by atoms with van der Waals surface area (Å²) in [6, 6.07) is 38.1. The van der Waals surface area contributed by atoms with E-state index in [9.17, 15) is 0 Å². The highest BCUT2D eigenvalue weighted by molar-refractivity contribution is 6.17. The average Bonchev–Trinajstić information content (AvgIpc) is 3.24. The van der Waals surface area contributed by atoms with Gasteiger partial charge in [-0.3, -0.25) is 0 Å². The van der Waals surface area contributed by atoms with Crippen LogP contribution < -0.4 is 5.32 Å². The monoisotopic (exact) mass is 374 g/mol. The molecule has 0 saturated carbocycles. The Balaban J connectivity index is 1.61. The van der Waals surface area contributed by atoms with E-state index in [2.05, 4.69) is 78.1 Å². The van der Waals surface area contributed by atoms with E-state index in [1.54, 1.807) is 0 Å². The van der Waals surface area contributed by atoms with E-state index in [4.69, 9.17) is 4.99 Å². The quantitative estimate of drug-likeness (QED) is 0.402. The van der Waals surface area contributed by atoms with Crippen molar-refractivity contribution in [2.45, 2.75) is 12.5 Å². The summed E-state index contributed by atoms with van der Waals surface area (Å²) in [5, 5.41) is 3.77. The van der Waals surface area contributed by atoms with Gasteiger partial charge in [0.1, 0.15) is 0 Å². The smallest absolute Gasteiger partial charge is 0.0802 e. The van der Waals surface area contributed by atoms with Crippen molar-refractivity contribution in [2.75, 3.05) is 5.32 Å². The maximum absolute atomic E-state index is 5.05. The van der Waals surface area contributed by atoms with E-state index in [0.29, 0.717) is 6.04 Å². The minimum atomic E-state index is 0.293. The van der Waals surface area contributed by atoms with Gasteiger partial charge >= 0.3 is 0 Å². The first-order valence-electron chi connectivity index (χ1n) is 10.0. The molecule has 1 N–H and O–H groups in total. The molecule has 0 aliphatic carbocycles. The Labute approximate surface area is 171 Å². The van der Waals surface area contributed by atoms with Crippen LogP contribution in [0.3, 0.4) is 0 Å². The number of benzene rings is 4. The number of para-hydroxylation sites is 2. The van der Waals surface area contributed by atoms with Crippen LogP contribution in [0.25, 0.3) is 0 Å². The van der Waals surface area contributed by atoms with Crippen LogP contribution >= 0.6 is 0 Å². The van der Waals surface area contributed by atoms with E-state index >= 15 is 0 Å². The molecule has 29 heavy (non-hydrogen) atoms. The Bertz CT molecular complexity index is 1130. The van der Waals surface area contributed by atoms with Crippen LogP contribution in [0, 0.1) is 0 Å². The van der Waals surface area contributed by atoms with E-state index < -0.39 is 0 Å². The third-order valence-electron chi connectivity index (χ3n) is 5.39. The van der Waals surface area contributed by atoms with Crippen molar-refractivity contribution >= 4 is 17.1 Å². The number of rotatable bonds is 4. The first-order valence-corrected chi connectivity index (χ1v) is 10.0. The number of nitrogens with zero attached hydrogens (tertiary/aromatic N) is 1. The molecule has 140 valence electrons. The zero-order valence-electron chi connectivity index (χ0n) is 16.1. The third-order valence-corrected chi connectivity index (χ3v) is 5.39. The van der Waals surface area contributed by atoms with Crippen LogP contribution in [0.15, 0.2) is 114 Å². The Morgan fingerprint density at radius 1 is 0.690 bits per heavy atom. The van der Waals surface area contributed by atoms with Crippen molar-refractivity contribution in [1.29, 1.82) is 0 Å².